The van der Waals surface area contributed by atoms with Gasteiger partial charge in [-0.05, 0) is 30.2 Å². The van der Waals surface area contributed by atoms with Gasteiger partial charge in [0.15, 0.2) is 0 Å². The third-order valence-corrected chi connectivity index (χ3v) is 5.26. The van der Waals surface area contributed by atoms with Gasteiger partial charge >= 0.3 is 0 Å². The van der Waals surface area contributed by atoms with E-state index in [-0.39, 0.29) is 10.6 Å². The zero-order valence-electron chi connectivity index (χ0n) is 15.5. The third-order valence-electron chi connectivity index (χ3n) is 5.26. The van der Waals surface area contributed by atoms with Crippen molar-refractivity contribution in [2.45, 2.75) is 13.0 Å². The Morgan fingerprint density at radius 2 is 1.93 bits per heavy atom. The molecule has 2 aromatic carbocycles. The molecule has 0 saturated carbocycles. The maximum atomic E-state index is 11.5. The minimum absolute atomic E-state index is 0.171. The smallest absolute Gasteiger partial charge is 0.292 e. The first-order valence-electron chi connectivity index (χ1n) is 9.30. The van der Waals surface area contributed by atoms with E-state index in [1.807, 2.05) is 18.0 Å². The average molecular weight is 368 g/mol. The highest BCUT2D eigenvalue weighted by atomic mass is 16.6. The van der Waals surface area contributed by atoms with Crippen LogP contribution < -0.4 is 15.1 Å². The molecule has 0 aromatic heterocycles. The second-order valence-corrected chi connectivity index (χ2v) is 7.02. The van der Waals surface area contributed by atoms with Crippen molar-refractivity contribution in [3.8, 4) is 0 Å². The Balaban J connectivity index is 1.55. The summed E-state index contributed by atoms with van der Waals surface area (Å²) in [6.45, 7) is 4.80. The summed E-state index contributed by atoms with van der Waals surface area (Å²) in [5.74, 6) is 0. The molecule has 7 nitrogen and oxygen atoms in total. The first-order valence-corrected chi connectivity index (χ1v) is 9.30. The van der Waals surface area contributed by atoms with Gasteiger partial charge < -0.3 is 19.9 Å². The third kappa shape index (κ3) is 3.55. The van der Waals surface area contributed by atoms with Gasteiger partial charge in [-0.2, -0.15) is 0 Å². The van der Waals surface area contributed by atoms with Crippen molar-refractivity contribution in [3.05, 3.63) is 57.6 Å². The van der Waals surface area contributed by atoms with Crippen LogP contribution in [-0.2, 0) is 17.7 Å². The number of benzene rings is 2. The number of anilines is 3. The number of ether oxygens (including phenoxy) is 1. The van der Waals surface area contributed by atoms with E-state index in [0.29, 0.717) is 6.54 Å². The maximum absolute atomic E-state index is 11.5. The second-order valence-electron chi connectivity index (χ2n) is 7.02. The number of fused-ring (bicyclic) bond motifs is 1. The Morgan fingerprint density at radius 3 is 2.63 bits per heavy atom. The molecule has 27 heavy (non-hydrogen) atoms. The first kappa shape index (κ1) is 17.6. The zero-order valence-corrected chi connectivity index (χ0v) is 15.5. The van der Waals surface area contributed by atoms with Gasteiger partial charge in [0.2, 0.25) is 0 Å². The largest absolute Gasteiger partial charge is 0.384 e. The predicted octanol–water partition coefficient (Wildman–Crippen LogP) is 3.04. The van der Waals surface area contributed by atoms with Crippen LogP contribution in [0.3, 0.4) is 0 Å². The molecule has 142 valence electrons. The molecule has 4 rings (SSSR count). The summed E-state index contributed by atoms with van der Waals surface area (Å²) in [5.41, 5.74) is 5.26. The van der Waals surface area contributed by atoms with Gasteiger partial charge in [0, 0.05) is 56.2 Å². The molecule has 2 aliphatic heterocycles. The summed E-state index contributed by atoms with van der Waals surface area (Å²) in [4.78, 5) is 15.6. The van der Waals surface area contributed by atoms with Crippen molar-refractivity contribution >= 4 is 22.7 Å². The SMILES string of the molecule is CN(Cc1ccc(N2CCOCC2)cc1)c1c([N+](=O)[O-])ccc2c1CCN2. The van der Waals surface area contributed by atoms with Crippen molar-refractivity contribution in [1.82, 2.24) is 0 Å². The van der Waals surface area contributed by atoms with Gasteiger partial charge in [-0.15, -0.1) is 0 Å². The van der Waals surface area contributed by atoms with E-state index in [9.17, 15) is 10.1 Å². The number of hydrogen-bond acceptors (Lipinski definition) is 6. The van der Waals surface area contributed by atoms with Crippen molar-refractivity contribution in [2.75, 3.05) is 55.0 Å². The van der Waals surface area contributed by atoms with E-state index in [1.165, 1.54) is 5.69 Å². The summed E-state index contributed by atoms with van der Waals surface area (Å²) in [7, 11) is 1.93. The molecular weight excluding hydrogens is 344 g/mol. The summed E-state index contributed by atoms with van der Waals surface area (Å²) in [6.07, 6.45) is 0.812. The Bertz CT molecular complexity index is 832. The molecule has 0 spiro atoms. The van der Waals surface area contributed by atoms with Crippen molar-refractivity contribution < 1.29 is 9.66 Å². The fourth-order valence-electron chi connectivity index (χ4n) is 3.92. The quantitative estimate of drug-likeness (QED) is 0.646. The van der Waals surface area contributed by atoms with Gasteiger partial charge in [0.1, 0.15) is 5.69 Å². The molecule has 1 saturated heterocycles. The van der Waals surface area contributed by atoms with Gasteiger partial charge in [0.05, 0.1) is 18.1 Å². The zero-order chi connectivity index (χ0) is 18.8. The Morgan fingerprint density at radius 1 is 1.19 bits per heavy atom. The lowest BCUT2D eigenvalue weighted by molar-refractivity contribution is -0.384. The summed E-state index contributed by atoms with van der Waals surface area (Å²) >= 11 is 0. The number of rotatable bonds is 5. The Hall–Kier alpha value is -2.80. The highest BCUT2D eigenvalue weighted by Gasteiger charge is 2.26. The Kier molecular flexibility index (Phi) is 4.85. The van der Waals surface area contributed by atoms with Crippen LogP contribution in [-0.4, -0.2) is 44.8 Å². The highest BCUT2D eigenvalue weighted by Crippen LogP contribution is 2.39. The fraction of sp³-hybridized carbons (Fsp3) is 0.400. The van der Waals surface area contributed by atoms with E-state index < -0.39 is 0 Å². The predicted molar refractivity (Wildman–Crippen MR) is 107 cm³/mol. The molecule has 1 N–H and O–H groups in total. The molecule has 0 amide bonds. The van der Waals surface area contributed by atoms with E-state index in [4.69, 9.17) is 4.74 Å². The molecule has 1 fully saturated rings. The van der Waals surface area contributed by atoms with E-state index in [2.05, 4.69) is 34.5 Å². The average Bonchev–Trinajstić information content (AvgIpc) is 3.17. The number of nitro groups is 1. The van der Waals surface area contributed by atoms with Gasteiger partial charge in [0.25, 0.3) is 5.69 Å². The van der Waals surface area contributed by atoms with Crippen LogP contribution in [0.4, 0.5) is 22.7 Å². The molecule has 7 heteroatoms. The number of hydrogen-bond donors (Lipinski definition) is 1. The van der Waals surface area contributed by atoms with Gasteiger partial charge in [-0.25, -0.2) is 0 Å². The first-order chi connectivity index (χ1) is 13.1. The number of nitrogens with zero attached hydrogens (tertiary/aromatic N) is 3. The van der Waals surface area contributed by atoms with Gasteiger partial charge in [-0.1, -0.05) is 12.1 Å². The molecule has 0 atom stereocenters. The van der Waals surface area contributed by atoms with Crippen LogP contribution >= 0.6 is 0 Å². The lowest BCUT2D eigenvalue weighted by Gasteiger charge is -2.29. The van der Waals surface area contributed by atoms with Crippen LogP contribution in [0.25, 0.3) is 0 Å². The summed E-state index contributed by atoms with van der Waals surface area (Å²) < 4.78 is 5.41. The van der Waals surface area contributed by atoms with Crippen LogP contribution in [0.1, 0.15) is 11.1 Å². The molecule has 0 bridgehead atoms. The monoisotopic (exact) mass is 368 g/mol. The van der Waals surface area contributed by atoms with E-state index >= 15 is 0 Å². The molecule has 2 aromatic rings. The number of morpholine rings is 1. The molecular formula is C20H24N4O3. The Labute approximate surface area is 158 Å². The maximum Gasteiger partial charge on any atom is 0.292 e. The topological polar surface area (TPSA) is 70.9 Å². The van der Waals surface area contributed by atoms with Gasteiger partial charge in [-0.3, -0.25) is 10.1 Å². The van der Waals surface area contributed by atoms with Crippen LogP contribution in [0.15, 0.2) is 36.4 Å². The lowest BCUT2D eigenvalue weighted by Crippen LogP contribution is -2.36. The van der Waals surface area contributed by atoms with E-state index in [1.54, 1.807) is 6.07 Å². The summed E-state index contributed by atoms with van der Waals surface area (Å²) in [6, 6.07) is 11.9. The minimum Gasteiger partial charge on any atom is -0.384 e. The summed E-state index contributed by atoms with van der Waals surface area (Å²) in [5, 5.41) is 14.8. The standard InChI is InChI=1S/C20H24N4O3/c1-22(20-17-8-9-21-18(17)6-7-19(20)24(25)26)14-15-2-4-16(5-3-15)23-10-12-27-13-11-23/h2-7,21H,8-14H2,1H3. The highest BCUT2D eigenvalue weighted by molar-refractivity contribution is 5.77. The molecule has 2 heterocycles. The van der Waals surface area contributed by atoms with Crippen LogP contribution in [0.5, 0.6) is 0 Å². The second kappa shape index (κ2) is 7.44. The van der Waals surface area contributed by atoms with Crippen molar-refractivity contribution in [3.63, 3.8) is 0 Å². The van der Waals surface area contributed by atoms with E-state index in [0.717, 1.165) is 61.8 Å². The van der Waals surface area contributed by atoms with Crippen LogP contribution in [0, 0.1) is 10.1 Å². The van der Waals surface area contributed by atoms with Crippen LogP contribution in [0.2, 0.25) is 0 Å². The fourth-order valence-corrected chi connectivity index (χ4v) is 3.92. The van der Waals surface area contributed by atoms with Crippen molar-refractivity contribution in [2.24, 2.45) is 0 Å². The lowest BCUT2D eigenvalue weighted by atomic mass is 10.1. The van der Waals surface area contributed by atoms with Crippen molar-refractivity contribution in [1.29, 1.82) is 0 Å². The molecule has 0 aliphatic carbocycles. The molecule has 0 radical (unpaired) electrons. The number of nitrogens with one attached hydrogen (secondary N) is 1. The molecule has 2 aliphatic rings. The minimum atomic E-state index is -0.286. The number of nitro benzene ring substituents is 1. The normalized spacial score (nSPS) is 16.0. The molecule has 0 unspecified atom stereocenters.